The van der Waals surface area contributed by atoms with Gasteiger partial charge in [0.05, 0.1) is 11.6 Å². The topological polar surface area (TPSA) is 54.9 Å². The second kappa shape index (κ2) is 9.01. The van der Waals surface area contributed by atoms with Crippen molar-refractivity contribution in [3.05, 3.63) is 75.0 Å². The van der Waals surface area contributed by atoms with E-state index in [0.717, 1.165) is 24.2 Å². The number of nitrogens with one attached hydrogen (secondary N) is 2. The van der Waals surface area contributed by atoms with Gasteiger partial charge < -0.3 is 10.2 Å². The highest BCUT2D eigenvalue weighted by Crippen LogP contribution is 2.24. The van der Waals surface area contributed by atoms with Gasteiger partial charge in [-0.2, -0.15) is 5.10 Å². The zero-order valence-corrected chi connectivity index (χ0v) is 16.4. The Balaban J connectivity index is 1.73. The van der Waals surface area contributed by atoms with Crippen LogP contribution in [0.5, 0.6) is 5.75 Å². The molecule has 5 nitrogen and oxygen atoms in total. The standard InChI is InChI=1S/C19H20ClFN4OS/c1-2-6-18-23-24-19(27)25(18)22-11-13-7-3-4-10-17(13)26-12-14-15(20)8-5-9-16(14)21/h3-5,7-10,22H,2,6,11-12H2,1H3,(H,24,27). The molecule has 8 heteroatoms. The first-order valence-corrected chi connectivity index (χ1v) is 9.42. The van der Waals surface area contributed by atoms with Crippen molar-refractivity contribution in [2.45, 2.75) is 32.9 Å². The number of ether oxygens (including phenoxy) is 1. The van der Waals surface area contributed by atoms with Crippen molar-refractivity contribution in [1.29, 1.82) is 0 Å². The first-order chi connectivity index (χ1) is 13.1. The summed E-state index contributed by atoms with van der Waals surface area (Å²) >= 11 is 11.3. The summed E-state index contributed by atoms with van der Waals surface area (Å²) in [7, 11) is 0. The van der Waals surface area contributed by atoms with Gasteiger partial charge in [-0.05, 0) is 36.8 Å². The third-order valence-electron chi connectivity index (χ3n) is 4.05. The van der Waals surface area contributed by atoms with Crippen molar-refractivity contribution >= 4 is 23.8 Å². The second-order valence-corrected chi connectivity index (χ2v) is 6.76. The average molecular weight is 407 g/mol. The van der Waals surface area contributed by atoms with Gasteiger partial charge in [0.2, 0.25) is 4.77 Å². The summed E-state index contributed by atoms with van der Waals surface area (Å²) in [6.07, 6.45) is 1.77. The van der Waals surface area contributed by atoms with Crippen molar-refractivity contribution in [1.82, 2.24) is 14.9 Å². The van der Waals surface area contributed by atoms with Crippen molar-refractivity contribution < 1.29 is 9.13 Å². The molecule has 0 aliphatic rings. The lowest BCUT2D eigenvalue weighted by Gasteiger charge is -2.15. The summed E-state index contributed by atoms with van der Waals surface area (Å²) in [6.45, 7) is 2.61. The number of aromatic amines is 1. The average Bonchev–Trinajstić information content (AvgIpc) is 3.00. The Bertz CT molecular complexity index is 952. The van der Waals surface area contributed by atoms with Crippen LogP contribution in [-0.4, -0.2) is 14.9 Å². The number of aromatic nitrogens is 3. The lowest BCUT2D eigenvalue weighted by molar-refractivity contribution is 0.297. The van der Waals surface area contributed by atoms with E-state index >= 15 is 0 Å². The van der Waals surface area contributed by atoms with E-state index in [1.807, 2.05) is 24.3 Å². The minimum Gasteiger partial charge on any atom is -0.488 e. The summed E-state index contributed by atoms with van der Waals surface area (Å²) in [6, 6.07) is 12.2. The first kappa shape index (κ1) is 19.4. The van der Waals surface area contributed by atoms with Gasteiger partial charge in [0.25, 0.3) is 0 Å². The van der Waals surface area contributed by atoms with E-state index < -0.39 is 0 Å². The molecule has 0 bridgehead atoms. The molecule has 3 rings (SSSR count). The molecule has 0 aliphatic heterocycles. The van der Waals surface area contributed by atoms with Crippen molar-refractivity contribution in [3.63, 3.8) is 0 Å². The number of benzene rings is 2. The van der Waals surface area contributed by atoms with Crippen LogP contribution in [-0.2, 0) is 19.6 Å². The van der Waals surface area contributed by atoms with Crippen molar-refractivity contribution in [3.8, 4) is 5.75 Å². The van der Waals surface area contributed by atoms with Crippen LogP contribution in [0.3, 0.4) is 0 Å². The van der Waals surface area contributed by atoms with Crippen LogP contribution in [0.1, 0.15) is 30.3 Å². The number of nitrogens with zero attached hydrogens (tertiary/aromatic N) is 2. The Hall–Kier alpha value is -2.38. The third kappa shape index (κ3) is 4.67. The molecule has 1 aromatic heterocycles. The molecule has 2 N–H and O–H groups in total. The second-order valence-electron chi connectivity index (χ2n) is 5.96. The van der Waals surface area contributed by atoms with Crippen LogP contribution in [0.4, 0.5) is 4.39 Å². The maximum absolute atomic E-state index is 13.9. The summed E-state index contributed by atoms with van der Waals surface area (Å²) in [5, 5.41) is 7.38. The fraction of sp³-hybridized carbons (Fsp3) is 0.263. The summed E-state index contributed by atoms with van der Waals surface area (Å²) in [4.78, 5) is 0. The predicted octanol–water partition coefficient (Wildman–Crippen LogP) is 5.01. The van der Waals surface area contributed by atoms with E-state index in [2.05, 4.69) is 22.5 Å². The number of H-pyrrole nitrogens is 1. The van der Waals surface area contributed by atoms with Gasteiger partial charge >= 0.3 is 0 Å². The van der Waals surface area contributed by atoms with E-state index in [4.69, 9.17) is 28.6 Å². The van der Waals surface area contributed by atoms with Crippen LogP contribution >= 0.6 is 23.8 Å². The van der Waals surface area contributed by atoms with E-state index in [9.17, 15) is 4.39 Å². The summed E-state index contributed by atoms with van der Waals surface area (Å²) in [5.41, 5.74) is 4.51. The zero-order valence-electron chi connectivity index (χ0n) is 14.8. The highest BCUT2D eigenvalue weighted by molar-refractivity contribution is 7.71. The first-order valence-electron chi connectivity index (χ1n) is 8.64. The molecule has 0 unspecified atom stereocenters. The molecule has 0 atom stereocenters. The number of hydrogen-bond donors (Lipinski definition) is 2. The third-order valence-corrected chi connectivity index (χ3v) is 4.68. The molecule has 0 radical (unpaired) electrons. The van der Waals surface area contributed by atoms with Crippen LogP contribution in [0.25, 0.3) is 0 Å². The highest BCUT2D eigenvalue weighted by atomic mass is 35.5. The van der Waals surface area contributed by atoms with Crippen molar-refractivity contribution in [2.75, 3.05) is 5.43 Å². The Morgan fingerprint density at radius 1 is 1.26 bits per heavy atom. The maximum Gasteiger partial charge on any atom is 0.214 e. The number of aryl methyl sites for hydroxylation is 1. The number of rotatable bonds is 8. The molecule has 2 aromatic carbocycles. The van der Waals surface area contributed by atoms with E-state index in [1.165, 1.54) is 6.07 Å². The fourth-order valence-corrected chi connectivity index (χ4v) is 3.09. The van der Waals surface area contributed by atoms with Gasteiger partial charge in [-0.25, -0.2) is 9.07 Å². The number of para-hydroxylation sites is 1. The number of hydrogen-bond acceptors (Lipinski definition) is 4. The molecule has 0 amide bonds. The minimum atomic E-state index is -0.382. The molecule has 0 fully saturated rings. The Labute approximate surface area is 167 Å². The van der Waals surface area contributed by atoms with Crippen LogP contribution in [0.2, 0.25) is 5.02 Å². The molecule has 3 aromatic rings. The maximum atomic E-state index is 13.9. The van der Waals surface area contributed by atoms with Gasteiger partial charge in [0.15, 0.2) is 5.82 Å². The van der Waals surface area contributed by atoms with Crippen LogP contribution < -0.4 is 10.2 Å². The van der Waals surface area contributed by atoms with Gasteiger partial charge in [0.1, 0.15) is 18.2 Å². The molecule has 27 heavy (non-hydrogen) atoms. The van der Waals surface area contributed by atoms with Crippen LogP contribution in [0.15, 0.2) is 42.5 Å². The van der Waals surface area contributed by atoms with Gasteiger partial charge in [-0.15, -0.1) is 0 Å². The quantitative estimate of drug-likeness (QED) is 0.516. The minimum absolute atomic E-state index is 0.0503. The summed E-state index contributed by atoms with van der Waals surface area (Å²) < 4.78 is 22.1. The van der Waals surface area contributed by atoms with Crippen LogP contribution in [0, 0.1) is 10.6 Å². The molecule has 0 spiro atoms. The lowest BCUT2D eigenvalue weighted by Crippen LogP contribution is -2.18. The monoisotopic (exact) mass is 406 g/mol. The predicted molar refractivity (Wildman–Crippen MR) is 107 cm³/mol. The highest BCUT2D eigenvalue weighted by Gasteiger charge is 2.10. The fourth-order valence-electron chi connectivity index (χ4n) is 2.66. The largest absolute Gasteiger partial charge is 0.488 e. The normalized spacial score (nSPS) is 10.8. The molecular formula is C19H20ClFN4OS. The van der Waals surface area contributed by atoms with E-state index in [0.29, 0.717) is 27.7 Å². The molecule has 0 aliphatic carbocycles. The molecule has 0 saturated carbocycles. The molecule has 1 heterocycles. The Kier molecular flexibility index (Phi) is 6.47. The van der Waals surface area contributed by atoms with Gasteiger partial charge in [0, 0.05) is 17.5 Å². The van der Waals surface area contributed by atoms with E-state index in [-0.39, 0.29) is 12.4 Å². The molecule has 0 saturated heterocycles. The van der Waals surface area contributed by atoms with Crippen molar-refractivity contribution in [2.24, 2.45) is 0 Å². The lowest BCUT2D eigenvalue weighted by atomic mass is 10.2. The van der Waals surface area contributed by atoms with E-state index in [1.54, 1.807) is 16.8 Å². The SMILES string of the molecule is CCCc1n[nH]c(=S)n1NCc1ccccc1OCc1c(F)cccc1Cl. The number of halogens is 2. The molecule has 142 valence electrons. The van der Waals surface area contributed by atoms with Gasteiger partial charge in [-0.3, -0.25) is 5.10 Å². The summed E-state index contributed by atoms with van der Waals surface area (Å²) in [5.74, 6) is 1.11. The molecular weight excluding hydrogens is 387 g/mol. The Morgan fingerprint density at radius 3 is 2.85 bits per heavy atom. The Morgan fingerprint density at radius 2 is 2.07 bits per heavy atom. The zero-order chi connectivity index (χ0) is 19.2. The van der Waals surface area contributed by atoms with Gasteiger partial charge in [-0.1, -0.05) is 42.8 Å². The smallest absolute Gasteiger partial charge is 0.214 e.